The van der Waals surface area contributed by atoms with Crippen LogP contribution in [0.5, 0.6) is 5.75 Å². The van der Waals surface area contributed by atoms with E-state index in [2.05, 4.69) is 5.32 Å². The van der Waals surface area contributed by atoms with Crippen LogP contribution in [0.15, 0.2) is 18.2 Å². The molecule has 1 aromatic carbocycles. The average Bonchev–Trinajstić information content (AvgIpc) is 2.45. The number of carbonyl (C=O) groups excluding carboxylic acids is 2. The van der Waals surface area contributed by atoms with E-state index in [0.29, 0.717) is 18.2 Å². The molecule has 0 saturated heterocycles. The number of hydrogen-bond acceptors (Lipinski definition) is 4. The Kier molecular flexibility index (Phi) is 7.70. The van der Waals surface area contributed by atoms with Crippen molar-refractivity contribution < 1.29 is 19.1 Å². The van der Waals surface area contributed by atoms with E-state index in [-0.39, 0.29) is 29.9 Å². The van der Waals surface area contributed by atoms with Gasteiger partial charge < -0.3 is 20.5 Å². The number of amides is 2. The van der Waals surface area contributed by atoms with E-state index in [9.17, 15) is 9.59 Å². The van der Waals surface area contributed by atoms with Gasteiger partial charge in [-0.2, -0.15) is 0 Å². The van der Waals surface area contributed by atoms with Crippen molar-refractivity contribution in [2.75, 3.05) is 19.8 Å². The average molecular weight is 329 g/mol. The first-order chi connectivity index (χ1) is 10.4. The zero-order valence-corrected chi connectivity index (χ0v) is 13.5. The van der Waals surface area contributed by atoms with E-state index in [0.717, 1.165) is 6.42 Å². The minimum Gasteiger partial charge on any atom is -0.483 e. The van der Waals surface area contributed by atoms with Gasteiger partial charge in [0, 0.05) is 18.2 Å². The molecule has 0 aliphatic heterocycles. The predicted octanol–water partition coefficient (Wildman–Crippen LogP) is 1.75. The summed E-state index contributed by atoms with van der Waals surface area (Å²) in [6.07, 6.45) is 0.897. The van der Waals surface area contributed by atoms with Crippen LogP contribution in [-0.2, 0) is 9.53 Å². The minimum absolute atomic E-state index is 0.144. The number of ether oxygens (including phenoxy) is 2. The van der Waals surface area contributed by atoms with Crippen molar-refractivity contribution in [2.24, 2.45) is 5.73 Å². The smallest absolute Gasteiger partial charge is 0.257 e. The van der Waals surface area contributed by atoms with Gasteiger partial charge in [-0.25, -0.2) is 0 Å². The van der Waals surface area contributed by atoms with E-state index in [1.165, 1.54) is 12.1 Å². The van der Waals surface area contributed by atoms with Gasteiger partial charge in [-0.3, -0.25) is 9.59 Å². The lowest BCUT2D eigenvalue weighted by atomic mass is 10.2. The van der Waals surface area contributed by atoms with Crippen LogP contribution in [0.2, 0.25) is 5.02 Å². The summed E-state index contributed by atoms with van der Waals surface area (Å²) in [6, 6.07) is 4.47. The van der Waals surface area contributed by atoms with E-state index >= 15 is 0 Å². The highest BCUT2D eigenvalue weighted by Crippen LogP contribution is 2.22. The van der Waals surface area contributed by atoms with Crippen LogP contribution in [-0.4, -0.2) is 37.7 Å². The van der Waals surface area contributed by atoms with Gasteiger partial charge in [-0.05, 0) is 38.5 Å². The molecule has 0 saturated carbocycles. The van der Waals surface area contributed by atoms with E-state index < -0.39 is 5.91 Å². The molecule has 0 spiro atoms. The quantitative estimate of drug-likeness (QED) is 0.676. The highest BCUT2D eigenvalue weighted by atomic mass is 35.5. The van der Waals surface area contributed by atoms with Crippen LogP contribution in [0.25, 0.3) is 0 Å². The second kappa shape index (κ2) is 9.27. The molecular weight excluding hydrogens is 308 g/mol. The third kappa shape index (κ3) is 6.78. The Balaban J connectivity index is 2.37. The Hall–Kier alpha value is -1.79. The molecule has 0 aromatic heterocycles. The van der Waals surface area contributed by atoms with Crippen LogP contribution in [0, 0.1) is 0 Å². The van der Waals surface area contributed by atoms with Gasteiger partial charge in [0.2, 0.25) is 0 Å². The van der Waals surface area contributed by atoms with Crippen LogP contribution in [0.1, 0.15) is 30.6 Å². The molecule has 22 heavy (non-hydrogen) atoms. The van der Waals surface area contributed by atoms with Crippen molar-refractivity contribution in [3.05, 3.63) is 28.8 Å². The highest BCUT2D eigenvalue weighted by molar-refractivity contribution is 6.31. The SMILES string of the molecule is CC(C)OCCCNC(=O)COc1ccc(Cl)cc1C(N)=O. The first kappa shape index (κ1) is 18.3. The largest absolute Gasteiger partial charge is 0.483 e. The summed E-state index contributed by atoms with van der Waals surface area (Å²) < 4.78 is 10.7. The van der Waals surface area contributed by atoms with Gasteiger partial charge in [-0.15, -0.1) is 0 Å². The van der Waals surface area contributed by atoms with Crippen molar-refractivity contribution in [1.29, 1.82) is 0 Å². The van der Waals surface area contributed by atoms with Gasteiger partial charge in [0.05, 0.1) is 11.7 Å². The molecule has 2 amide bonds. The lowest BCUT2D eigenvalue weighted by Gasteiger charge is -2.11. The molecule has 1 rings (SSSR count). The topological polar surface area (TPSA) is 90.7 Å². The molecule has 0 atom stereocenters. The summed E-state index contributed by atoms with van der Waals surface area (Å²) in [5, 5.41) is 3.07. The first-order valence-corrected chi connectivity index (χ1v) is 7.38. The number of nitrogens with two attached hydrogens (primary N) is 1. The molecule has 1 aromatic rings. The fourth-order valence-corrected chi connectivity index (χ4v) is 1.81. The predicted molar refractivity (Wildman–Crippen MR) is 84.2 cm³/mol. The maximum atomic E-state index is 11.6. The summed E-state index contributed by atoms with van der Waals surface area (Å²) in [4.78, 5) is 22.9. The molecule has 0 aliphatic rings. The van der Waals surface area contributed by atoms with Gasteiger partial charge in [0.15, 0.2) is 6.61 Å². The fourth-order valence-electron chi connectivity index (χ4n) is 1.63. The van der Waals surface area contributed by atoms with Gasteiger partial charge in [0.1, 0.15) is 5.75 Å². The fraction of sp³-hybridized carbons (Fsp3) is 0.467. The highest BCUT2D eigenvalue weighted by Gasteiger charge is 2.11. The standard InChI is InChI=1S/C15H21ClN2O4/c1-10(2)21-7-3-6-18-14(19)9-22-13-5-4-11(16)8-12(13)15(17)20/h4-5,8,10H,3,6-7,9H2,1-2H3,(H2,17,20)(H,18,19). The third-order valence-electron chi connectivity index (χ3n) is 2.66. The normalized spacial score (nSPS) is 10.5. The maximum Gasteiger partial charge on any atom is 0.257 e. The van der Waals surface area contributed by atoms with Gasteiger partial charge in [0.25, 0.3) is 11.8 Å². The number of benzene rings is 1. The molecule has 0 aliphatic carbocycles. The van der Waals surface area contributed by atoms with Crippen LogP contribution in [0.3, 0.4) is 0 Å². The zero-order chi connectivity index (χ0) is 16.5. The third-order valence-corrected chi connectivity index (χ3v) is 2.90. The Labute approximate surface area is 134 Å². The molecule has 0 unspecified atom stereocenters. The van der Waals surface area contributed by atoms with Crippen molar-refractivity contribution in [3.8, 4) is 5.75 Å². The van der Waals surface area contributed by atoms with E-state index in [4.69, 9.17) is 26.8 Å². The van der Waals surface area contributed by atoms with Crippen molar-refractivity contribution in [1.82, 2.24) is 5.32 Å². The van der Waals surface area contributed by atoms with Gasteiger partial charge >= 0.3 is 0 Å². The van der Waals surface area contributed by atoms with Crippen LogP contribution < -0.4 is 15.8 Å². The molecular formula is C15H21ClN2O4. The number of primary amides is 1. The summed E-state index contributed by atoms with van der Waals surface area (Å²) >= 11 is 5.79. The van der Waals surface area contributed by atoms with E-state index in [1.807, 2.05) is 13.8 Å². The Morgan fingerprint density at radius 1 is 1.36 bits per heavy atom. The zero-order valence-electron chi connectivity index (χ0n) is 12.7. The minimum atomic E-state index is -0.663. The number of carbonyl (C=O) groups is 2. The maximum absolute atomic E-state index is 11.6. The molecule has 0 heterocycles. The Morgan fingerprint density at radius 2 is 2.09 bits per heavy atom. The van der Waals surface area contributed by atoms with Crippen molar-refractivity contribution >= 4 is 23.4 Å². The summed E-state index contributed by atoms with van der Waals surface area (Å²) in [6.45, 7) is 4.79. The van der Waals surface area contributed by atoms with Crippen LogP contribution >= 0.6 is 11.6 Å². The van der Waals surface area contributed by atoms with Crippen molar-refractivity contribution in [2.45, 2.75) is 26.4 Å². The van der Waals surface area contributed by atoms with Crippen LogP contribution in [0.4, 0.5) is 0 Å². The van der Waals surface area contributed by atoms with Gasteiger partial charge in [-0.1, -0.05) is 11.6 Å². The summed E-state index contributed by atoms with van der Waals surface area (Å²) in [5.41, 5.74) is 5.38. The second-order valence-corrected chi connectivity index (χ2v) is 5.35. The Bertz CT molecular complexity index is 520. The molecule has 0 bridgehead atoms. The number of hydrogen-bond donors (Lipinski definition) is 2. The Morgan fingerprint density at radius 3 is 2.73 bits per heavy atom. The second-order valence-electron chi connectivity index (χ2n) is 4.92. The lowest BCUT2D eigenvalue weighted by molar-refractivity contribution is -0.123. The molecule has 122 valence electrons. The summed E-state index contributed by atoms with van der Waals surface area (Å²) in [5.74, 6) is -0.714. The number of nitrogens with one attached hydrogen (secondary N) is 1. The lowest BCUT2D eigenvalue weighted by Crippen LogP contribution is -2.30. The molecule has 0 radical (unpaired) electrons. The molecule has 6 nitrogen and oxygen atoms in total. The number of rotatable bonds is 9. The monoisotopic (exact) mass is 328 g/mol. The van der Waals surface area contributed by atoms with Crippen molar-refractivity contribution in [3.63, 3.8) is 0 Å². The first-order valence-electron chi connectivity index (χ1n) is 7.00. The summed E-state index contributed by atoms with van der Waals surface area (Å²) in [7, 11) is 0. The van der Waals surface area contributed by atoms with E-state index in [1.54, 1.807) is 6.07 Å². The number of halogens is 1. The molecule has 0 fully saturated rings. The molecule has 3 N–H and O–H groups in total. The molecule has 7 heteroatoms.